The van der Waals surface area contributed by atoms with Gasteiger partial charge in [0.1, 0.15) is 5.75 Å². The fraction of sp³-hybridized carbons (Fsp3) is 0.444. The van der Waals surface area contributed by atoms with Crippen LogP contribution in [0.5, 0.6) is 5.75 Å². The molecule has 0 amide bonds. The second-order valence-electron chi connectivity index (χ2n) is 5.00. The lowest BCUT2D eigenvalue weighted by molar-refractivity contribution is -0.142. The minimum absolute atomic E-state index is 0.0120. The first-order valence-electron chi connectivity index (χ1n) is 7.82. The Hall–Kier alpha value is -2.10. The van der Waals surface area contributed by atoms with Gasteiger partial charge in [-0.1, -0.05) is 44.4 Å². The lowest BCUT2D eigenvalue weighted by Crippen LogP contribution is -2.11. The summed E-state index contributed by atoms with van der Waals surface area (Å²) in [7, 11) is 0. The number of carbonyl (C=O) groups is 2. The largest absolute Gasteiger partial charge is 0.435 e. The standard InChI is InChI=1S/C18H24O4/c1-2-3-4-5-6-10-15-21-17(19)13-14-18(20)22-16-11-8-7-9-12-16/h7-12,15H,2-6,13-14H2,1H3/b15-10+. The Labute approximate surface area is 132 Å². The van der Waals surface area contributed by atoms with Gasteiger partial charge in [-0.05, 0) is 31.1 Å². The van der Waals surface area contributed by atoms with E-state index in [1.54, 1.807) is 24.3 Å². The molecule has 0 unspecified atom stereocenters. The fourth-order valence-electron chi connectivity index (χ4n) is 1.82. The minimum Gasteiger partial charge on any atom is -0.435 e. The highest BCUT2D eigenvalue weighted by Gasteiger charge is 2.09. The van der Waals surface area contributed by atoms with E-state index in [1.807, 2.05) is 12.1 Å². The maximum absolute atomic E-state index is 11.5. The van der Waals surface area contributed by atoms with Gasteiger partial charge in [0.2, 0.25) is 0 Å². The third-order valence-electron chi connectivity index (χ3n) is 3.03. The molecule has 0 spiro atoms. The summed E-state index contributed by atoms with van der Waals surface area (Å²) in [5.74, 6) is -0.380. The van der Waals surface area contributed by atoms with E-state index in [0.29, 0.717) is 5.75 Å². The van der Waals surface area contributed by atoms with Crippen molar-refractivity contribution in [2.75, 3.05) is 0 Å². The first kappa shape index (κ1) is 18.0. The van der Waals surface area contributed by atoms with Crippen LogP contribution in [0.25, 0.3) is 0 Å². The SMILES string of the molecule is CCCCCC/C=C/OC(=O)CCC(=O)Oc1ccccc1. The zero-order valence-electron chi connectivity index (χ0n) is 13.1. The van der Waals surface area contributed by atoms with Crippen molar-refractivity contribution < 1.29 is 19.1 Å². The molecule has 1 rings (SSSR count). The van der Waals surface area contributed by atoms with Crippen LogP contribution in [0.2, 0.25) is 0 Å². The molecule has 0 aromatic heterocycles. The maximum Gasteiger partial charge on any atom is 0.311 e. The van der Waals surface area contributed by atoms with E-state index in [9.17, 15) is 9.59 Å². The Morgan fingerprint density at radius 3 is 2.45 bits per heavy atom. The second-order valence-corrected chi connectivity index (χ2v) is 5.00. The highest BCUT2D eigenvalue weighted by atomic mass is 16.5. The maximum atomic E-state index is 11.5. The summed E-state index contributed by atoms with van der Waals surface area (Å²) in [6.45, 7) is 2.17. The summed E-state index contributed by atoms with van der Waals surface area (Å²) in [6, 6.07) is 8.78. The van der Waals surface area contributed by atoms with Crippen molar-refractivity contribution in [3.63, 3.8) is 0 Å². The van der Waals surface area contributed by atoms with E-state index < -0.39 is 11.9 Å². The molecular formula is C18H24O4. The van der Waals surface area contributed by atoms with Crippen molar-refractivity contribution in [3.05, 3.63) is 42.7 Å². The number of hydrogen-bond acceptors (Lipinski definition) is 4. The number of benzene rings is 1. The summed E-state index contributed by atoms with van der Waals surface area (Å²) in [5, 5.41) is 0. The topological polar surface area (TPSA) is 52.6 Å². The lowest BCUT2D eigenvalue weighted by Gasteiger charge is -2.03. The highest BCUT2D eigenvalue weighted by molar-refractivity contribution is 5.79. The Bertz CT molecular complexity index is 465. The molecule has 0 fully saturated rings. The number of hydrogen-bond donors (Lipinski definition) is 0. The molecule has 1 aromatic carbocycles. The van der Waals surface area contributed by atoms with Gasteiger partial charge in [-0.25, -0.2) is 0 Å². The van der Waals surface area contributed by atoms with Gasteiger partial charge in [0.05, 0.1) is 19.1 Å². The van der Waals surface area contributed by atoms with Gasteiger partial charge >= 0.3 is 11.9 Å². The number of carbonyl (C=O) groups excluding carboxylic acids is 2. The second kappa shape index (κ2) is 11.5. The van der Waals surface area contributed by atoms with Crippen LogP contribution in [-0.2, 0) is 14.3 Å². The Kier molecular flexibility index (Phi) is 9.42. The molecule has 4 nitrogen and oxygen atoms in total. The molecule has 1 aromatic rings. The number of unbranched alkanes of at least 4 members (excludes halogenated alkanes) is 4. The van der Waals surface area contributed by atoms with Crippen molar-refractivity contribution in [2.24, 2.45) is 0 Å². The number of ether oxygens (including phenoxy) is 2. The molecule has 0 saturated carbocycles. The van der Waals surface area contributed by atoms with Crippen LogP contribution in [0.1, 0.15) is 51.9 Å². The van der Waals surface area contributed by atoms with Gasteiger partial charge in [-0.15, -0.1) is 0 Å². The molecular weight excluding hydrogens is 280 g/mol. The number of rotatable bonds is 10. The predicted molar refractivity (Wildman–Crippen MR) is 85.3 cm³/mol. The Morgan fingerprint density at radius 2 is 1.73 bits per heavy atom. The van der Waals surface area contributed by atoms with Crippen LogP contribution in [0.3, 0.4) is 0 Å². The molecule has 0 aliphatic heterocycles. The number of allylic oxidation sites excluding steroid dienone is 1. The van der Waals surface area contributed by atoms with Crippen molar-refractivity contribution in [1.29, 1.82) is 0 Å². The third-order valence-corrected chi connectivity index (χ3v) is 3.03. The predicted octanol–water partition coefficient (Wildman–Crippen LogP) is 4.40. The van der Waals surface area contributed by atoms with E-state index in [0.717, 1.165) is 12.8 Å². The Balaban J connectivity index is 2.10. The molecule has 0 aliphatic carbocycles. The van der Waals surface area contributed by atoms with Gasteiger partial charge in [0, 0.05) is 0 Å². The minimum atomic E-state index is -0.438. The Morgan fingerprint density at radius 1 is 1.00 bits per heavy atom. The summed E-state index contributed by atoms with van der Waals surface area (Å²) < 4.78 is 10.0. The summed E-state index contributed by atoms with van der Waals surface area (Å²) in [4.78, 5) is 23.0. The number of esters is 2. The van der Waals surface area contributed by atoms with Gasteiger partial charge in [-0.2, -0.15) is 0 Å². The van der Waals surface area contributed by atoms with Crippen molar-refractivity contribution in [3.8, 4) is 5.75 Å². The average molecular weight is 304 g/mol. The summed E-state index contributed by atoms with van der Waals surface area (Å²) >= 11 is 0. The lowest BCUT2D eigenvalue weighted by atomic mass is 10.1. The first-order chi connectivity index (χ1) is 10.7. The normalized spacial score (nSPS) is 10.6. The van der Waals surface area contributed by atoms with Crippen molar-refractivity contribution in [2.45, 2.75) is 51.9 Å². The van der Waals surface area contributed by atoms with E-state index in [-0.39, 0.29) is 12.8 Å². The average Bonchev–Trinajstić information content (AvgIpc) is 2.53. The van der Waals surface area contributed by atoms with Gasteiger partial charge in [0.15, 0.2) is 0 Å². The zero-order chi connectivity index (χ0) is 16.0. The van der Waals surface area contributed by atoms with Crippen molar-refractivity contribution >= 4 is 11.9 Å². The molecule has 120 valence electrons. The van der Waals surface area contributed by atoms with Crippen LogP contribution in [0.15, 0.2) is 42.7 Å². The van der Waals surface area contributed by atoms with Crippen LogP contribution < -0.4 is 4.74 Å². The van der Waals surface area contributed by atoms with Crippen molar-refractivity contribution in [1.82, 2.24) is 0 Å². The molecule has 0 N–H and O–H groups in total. The van der Waals surface area contributed by atoms with Crippen LogP contribution >= 0.6 is 0 Å². The molecule has 0 radical (unpaired) electrons. The smallest absolute Gasteiger partial charge is 0.311 e. The van der Waals surface area contributed by atoms with Crippen LogP contribution in [-0.4, -0.2) is 11.9 Å². The molecule has 0 atom stereocenters. The summed E-state index contributed by atoms with van der Waals surface area (Å²) in [5.41, 5.74) is 0. The molecule has 0 aliphatic rings. The van der Waals surface area contributed by atoms with E-state index in [1.165, 1.54) is 25.5 Å². The molecule has 0 saturated heterocycles. The molecule has 4 heteroatoms. The van der Waals surface area contributed by atoms with Gasteiger partial charge in [-0.3, -0.25) is 9.59 Å². The zero-order valence-corrected chi connectivity index (χ0v) is 13.1. The molecule has 22 heavy (non-hydrogen) atoms. The van der Waals surface area contributed by atoms with E-state index >= 15 is 0 Å². The number of para-hydroxylation sites is 1. The van der Waals surface area contributed by atoms with Gasteiger partial charge in [0.25, 0.3) is 0 Å². The first-order valence-corrected chi connectivity index (χ1v) is 7.82. The summed E-state index contributed by atoms with van der Waals surface area (Å²) in [6.07, 6.45) is 8.93. The van der Waals surface area contributed by atoms with Gasteiger partial charge < -0.3 is 9.47 Å². The van der Waals surface area contributed by atoms with Crippen LogP contribution in [0, 0.1) is 0 Å². The fourth-order valence-corrected chi connectivity index (χ4v) is 1.82. The third kappa shape index (κ3) is 8.95. The van der Waals surface area contributed by atoms with Crippen LogP contribution in [0.4, 0.5) is 0 Å². The molecule has 0 bridgehead atoms. The van der Waals surface area contributed by atoms with E-state index in [2.05, 4.69) is 6.92 Å². The quantitative estimate of drug-likeness (QED) is 0.278. The highest BCUT2D eigenvalue weighted by Crippen LogP contribution is 2.10. The monoisotopic (exact) mass is 304 g/mol. The molecule has 0 heterocycles. The van der Waals surface area contributed by atoms with E-state index in [4.69, 9.17) is 9.47 Å².